The molecule has 0 atom stereocenters. The lowest BCUT2D eigenvalue weighted by atomic mass is 10.1. The third-order valence-electron chi connectivity index (χ3n) is 1.69. The van der Waals surface area contributed by atoms with Crippen molar-refractivity contribution in [3.63, 3.8) is 0 Å². The van der Waals surface area contributed by atoms with Crippen molar-refractivity contribution in [2.45, 2.75) is 13.3 Å². The molecule has 0 radical (unpaired) electrons. The second-order valence-corrected chi connectivity index (χ2v) is 2.42. The first-order chi connectivity index (χ1) is 5.69. The number of hydrogen-bond acceptors (Lipinski definition) is 1. The van der Waals surface area contributed by atoms with Crippen LogP contribution in [0.1, 0.15) is 12.5 Å². The average Bonchev–Trinajstić information content (AvgIpc) is 2.03. The van der Waals surface area contributed by atoms with Gasteiger partial charge in [-0.25, -0.2) is 8.78 Å². The highest BCUT2D eigenvalue weighted by Crippen LogP contribution is 2.23. The molecule has 0 spiro atoms. The third kappa shape index (κ3) is 1.55. The maximum Gasteiger partial charge on any atom is 0.132 e. The van der Waals surface area contributed by atoms with Gasteiger partial charge in [0.15, 0.2) is 0 Å². The Balaban J connectivity index is 3.24. The van der Waals surface area contributed by atoms with Gasteiger partial charge in [-0.15, -0.1) is 0 Å². The van der Waals surface area contributed by atoms with Gasteiger partial charge in [0.05, 0.1) is 7.11 Å². The summed E-state index contributed by atoms with van der Waals surface area (Å²) in [5, 5.41) is 0. The van der Waals surface area contributed by atoms with E-state index in [1.54, 1.807) is 6.92 Å². The van der Waals surface area contributed by atoms with Crippen molar-refractivity contribution >= 4 is 0 Å². The summed E-state index contributed by atoms with van der Waals surface area (Å²) in [5.74, 6) is -0.883. The van der Waals surface area contributed by atoms with E-state index < -0.39 is 11.6 Å². The first-order valence-electron chi connectivity index (χ1n) is 3.71. The molecule has 0 bridgehead atoms. The number of halogens is 2. The summed E-state index contributed by atoms with van der Waals surface area (Å²) >= 11 is 0. The molecule has 0 saturated carbocycles. The van der Waals surface area contributed by atoms with E-state index in [0.717, 1.165) is 6.07 Å². The molecule has 66 valence electrons. The molecular weight excluding hydrogens is 162 g/mol. The largest absolute Gasteiger partial charge is 0.496 e. The van der Waals surface area contributed by atoms with Gasteiger partial charge in [-0.05, 0) is 6.42 Å². The second-order valence-electron chi connectivity index (χ2n) is 2.42. The van der Waals surface area contributed by atoms with E-state index in [4.69, 9.17) is 4.74 Å². The zero-order valence-electron chi connectivity index (χ0n) is 7.03. The van der Waals surface area contributed by atoms with E-state index in [1.807, 2.05) is 0 Å². The van der Waals surface area contributed by atoms with Crippen LogP contribution in [-0.2, 0) is 6.42 Å². The minimum Gasteiger partial charge on any atom is -0.496 e. The second kappa shape index (κ2) is 3.52. The highest BCUT2D eigenvalue weighted by Gasteiger charge is 2.09. The van der Waals surface area contributed by atoms with Crippen molar-refractivity contribution in [1.82, 2.24) is 0 Å². The van der Waals surface area contributed by atoms with Crippen LogP contribution in [-0.4, -0.2) is 7.11 Å². The number of benzene rings is 1. The molecule has 0 aromatic heterocycles. The van der Waals surface area contributed by atoms with Crippen molar-refractivity contribution in [3.8, 4) is 5.75 Å². The third-order valence-corrected chi connectivity index (χ3v) is 1.69. The SMILES string of the molecule is CCc1c(F)cc(F)cc1OC. The summed E-state index contributed by atoms with van der Waals surface area (Å²) in [7, 11) is 1.40. The number of rotatable bonds is 2. The monoisotopic (exact) mass is 172 g/mol. The molecule has 1 nitrogen and oxygen atoms in total. The lowest BCUT2D eigenvalue weighted by Crippen LogP contribution is -1.95. The quantitative estimate of drug-likeness (QED) is 0.666. The molecule has 0 heterocycles. The summed E-state index contributed by atoms with van der Waals surface area (Å²) in [6.07, 6.45) is 0.495. The molecule has 0 aliphatic rings. The predicted molar refractivity (Wildman–Crippen MR) is 42.3 cm³/mol. The molecule has 0 fully saturated rings. The van der Waals surface area contributed by atoms with E-state index in [9.17, 15) is 8.78 Å². The lowest BCUT2D eigenvalue weighted by molar-refractivity contribution is 0.400. The van der Waals surface area contributed by atoms with Crippen LogP contribution in [0.15, 0.2) is 12.1 Å². The lowest BCUT2D eigenvalue weighted by Gasteiger charge is -2.06. The Labute approximate surface area is 70.0 Å². The summed E-state index contributed by atoms with van der Waals surface area (Å²) in [4.78, 5) is 0. The van der Waals surface area contributed by atoms with Gasteiger partial charge in [0.25, 0.3) is 0 Å². The Bertz CT molecular complexity index is 284. The van der Waals surface area contributed by atoms with Gasteiger partial charge in [0.1, 0.15) is 17.4 Å². The smallest absolute Gasteiger partial charge is 0.132 e. The maximum atomic E-state index is 13.0. The average molecular weight is 172 g/mol. The summed E-state index contributed by atoms with van der Waals surface area (Å²) in [6, 6.07) is 2.04. The van der Waals surface area contributed by atoms with E-state index in [2.05, 4.69) is 0 Å². The maximum absolute atomic E-state index is 13.0. The van der Waals surface area contributed by atoms with Gasteiger partial charge in [-0.1, -0.05) is 6.92 Å². The number of methoxy groups -OCH3 is 1. The van der Waals surface area contributed by atoms with Crippen LogP contribution in [0.3, 0.4) is 0 Å². The van der Waals surface area contributed by atoms with Crippen molar-refractivity contribution in [1.29, 1.82) is 0 Å². The van der Waals surface area contributed by atoms with Gasteiger partial charge in [0.2, 0.25) is 0 Å². The summed E-state index contributed by atoms with van der Waals surface area (Å²) in [5.41, 5.74) is 0.416. The molecule has 0 N–H and O–H groups in total. The minimum atomic E-state index is -0.610. The van der Waals surface area contributed by atoms with Gasteiger partial charge >= 0.3 is 0 Å². The van der Waals surface area contributed by atoms with E-state index in [1.165, 1.54) is 13.2 Å². The number of ether oxygens (including phenoxy) is 1. The molecule has 1 rings (SSSR count). The molecule has 12 heavy (non-hydrogen) atoms. The predicted octanol–water partition coefficient (Wildman–Crippen LogP) is 2.54. The molecule has 0 aliphatic heterocycles. The molecule has 1 aromatic carbocycles. The topological polar surface area (TPSA) is 9.23 Å². The fourth-order valence-corrected chi connectivity index (χ4v) is 1.11. The van der Waals surface area contributed by atoms with Crippen LogP contribution in [0.2, 0.25) is 0 Å². The van der Waals surface area contributed by atoms with E-state index in [0.29, 0.717) is 12.0 Å². The zero-order chi connectivity index (χ0) is 9.14. The highest BCUT2D eigenvalue weighted by molar-refractivity contribution is 5.35. The molecular formula is C9H10F2O. The van der Waals surface area contributed by atoms with Crippen LogP contribution in [0.25, 0.3) is 0 Å². The van der Waals surface area contributed by atoms with Crippen molar-refractivity contribution in [2.24, 2.45) is 0 Å². The van der Waals surface area contributed by atoms with Crippen LogP contribution < -0.4 is 4.74 Å². The molecule has 1 aromatic rings. The standard InChI is InChI=1S/C9H10F2O/c1-3-7-8(11)4-6(10)5-9(7)12-2/h4-5H,3H2,1-2H3. The first kappa shape index (κ1) is 8.97. The molecule has 0 amide bonds. The molecule has 3 heteroatoms. The zero-order valence-corrected chi connectivity index (χ0v) is 7.03. The van der Waals surface area contributed by atoms with Gasteiger partial charge < -0.3 is 4.74 Å². The van der Waals surface area contributed by atoms with E-state index in [-0.39, 0.29) is 5.75 Å². The fourth-order valence-electron chi connectivity index (χ4n) is 1.11. The molecule has 0 unspecified atom stereocenters. The summed E-state index contributed by atoms with van der Waals surface area (Å²) < 4.78 is 30.4. The first-order valence-corrected chi connectivity index (χ1v) is 3.71. The Morgan fingerprint density at radius 3 is 2.50 bits per heavy atom. The van der Waals surface area contributed by atoms with Crippen molar-refractivity contribution in [2.75, 3.05) is 7.11 Å². The Kier molecular flexibility index (Phi) is 2.63. The van der Waals surface area contributed by atoms with Crippen molar-refractivity contribution in [3.05, 3.63) is 29.3 Å². The fraction of sp³-hybridized carbons (Fsp3) is 0.333. The highest BCUT2D eigenvalue weighted by atomic mass is 19.1. The van der Waals surface area contributed by atoms with E-state index >= 15 is 0 Å². The normalized spacial score (nSPS) is 10.0. The van der Waals surface area contributed by atoms with Crippen LogP contribution in [0.4, 0.5) is 8.78 Å². The minimum absolute atomic E-state index is 0.273. The van der Waals surface area contributed by atoms with Crippen LogP contribution in [0.5, 0.6) is 5.75 Å². The Hall–Kier alpha value is -1.12. The molecule has 0 aliphatic carbocycles. The van der Waals surface area contributed by atoms with Crippen LogP contribution in [0, 0.1) is 11.6 Å². The van der Waals surface area contributed by atoms with Gasteiger partial charge in [-0.3, -0.25) is 0 Å². The Morgan fingerprint density at radius 1 is 1.33 bits per heavy atom. The van der Waals surface area contributed by atoms with Crippen LogP contribution >= 0.6 is 0 Å². The number of hydrogen-bond donors (Lipinski definition) is 0. The Morgan fingerprint density at radius 2 is 2.00 bits per heavy atom. The van der Waals surface area contributed by atoms with Crippen molar-refractivity contribution < 1.29 is 13.5 Å². The van der Waals surface area contributed by atoms with Gasteiger partial charge in [-0.2, -0.15) is 0 Å². The molecule has 0 saturated heterocycles. The summed E-state index contributed by atoms with van der Waals surface area (Å²) in [6.45, 7) is 1.79. The van der Waals surface area contributed by atoms with Gasteiger partial charge in [0, 0.05) is 17.7 Å².